The van der Waals surface area contributed by atoms with Crippen LogP contribution in [0.3, 0.4) is 0 Å². The van der Waals surface area contributed by atoms with Crippen molar-refractivity contribution in [3.8, 4) is 0 Å². The molecule has 0 spiro atoms. The average molecular weight is 439 g/mol. The third-order valence-electron chi connectivity index (χ3n) is 3.20. The molecule has 0 N–H and O–H groups in total. The Bertz CT molecular complexity index is 979. The van der Waals surface area contributed by atoms with Gasteiger partial charge in [-0.3, -0.25) is 4.40 Å². The average Bonchev–Trinajstić information content (AvgIpc) is 3.06. The van der Waals surface area contributed by atoms with Crippen LogP contribution in [0.1, 0.15) is 5.69 Å². The lowest BCUT2D eigenvalue weighted by molar-refractivity contribution is 0.489. The van der Waals surface area contributed by atoms with Crippen molar-refractivity contribution in [3.63, 3.8) is 0 Å². The SMILES string of the molecule is Brc1ccc2oc(SCc3nc4ccccn4c3Br)nc2c1. The monoisotopic (exact) mass is 437 g/mol. The molecule has 110 valence electrons. The molecule has 0 aliphatic rings. The summed E-state index contributed by atoms with van der Waals surface area (Å²) < 4.78 is 9.71. The third-order valence-corrected chi connectivity index (χ3v) is 5.37. The summed E-state index contributed by atoms with van der Waals surface area (Å²) in [6.07, 6.45) is 1.98. The molecule has 22 heavy (non-hydrogen) atoms. The van der Waals surface area contributed by atoms with E-state index in [4.69, 9.17) is 4.42 Å². The number of pyridine rings is 1. The van der Waals surface area contributed by atoms with E-state index >= 15 is 0 Å². The van der Waals surface area contributed by atoms with Gasteiger partial charge in [0.1, 0.15) is 15.8 Å². The second kappa shape index (κ2) is 5.72. The molecule has 0 fully saturated rings. The van der Waals surface area contributed by atoms with Crippen molar-refractivity contribution in [2.45, 2.75) is 11.0 Å². The van der Waals surface area contributed by atoms with Gasteiger partial charge in [-0.1, -0.05) is 33.8 Å². The molecule has 0 aliphatic carbocycles. The highest BCUT2D eigenvalue weighted by atomic mass is 79.9. The van der Waals surface area contributed by atoms with Crippen LogP contribution in [-0.4, -0.2) is 14.4 Å². The molecule has 0 aliphatic heterocycles. The van der Waals surface area contributed by atoms with E-state index in [0.717, 1.165) is 31.5 Å². The minimum atomic E-state index is 0.650. The number of benzene rings is 1. The van der Waals surface area contributed by atoms with E-state index in [1.54, 1.807) is 0 Å². The first-order chi connectivity index (χ1) is 10.7. The molecule has 0 bridgehead atoms. The Balaban J connectivity index is 1.61. The number of halogens is 2. The number of rotatable bonds is 3. The second-order valence-corrected chi connectivity index (χ2v) is 7.25. The Morgan fingerprint density at radius 2 is 2.05 bits per heavy atom. The van der Waals surface area contributed by atoms with Crippen LogP contribution in [-0.2, 0) is 5.75 Å². The van der Waals surface area contributed by atoms with Gasteiger partial charge in [0.05, 0.1) is 5.69 Å². The predicted octanol–water partition coefficient (Wildman–Crippen LogP) is 5.29. The van der Waals surface area contributed by atoms with E-state index in [1.807, 2.05) is 47.0 Å². The molecule has 7 heteroatoms. The number of imidazole rings is 1. The molecule has 0 saturated carbocycles. The Morgan fingerprint density at radius 1 is 1.14 bits per heavy atom. The minimum absolute atomic E-state index is 0.650. The summed E-state index contributed by atoms with van der Waals surface area (Å²) in [4.78, 5) is 9.10. The van der Waals surface area contributed by atoms with Gasteiger partial charge in [-0.15, -0.1) is 0 Å². The number of oxazole rings is 1. The largest absolute Gasteiger partial charge is 0.431 e. The van der Waals surface area contributed by atoms with Crippen molar-refractivity contribution in [1.29, 1.82) is 0 Å². The number of fused-ring (bicyclic) bond motifs is 2. The first-order valence-electron chi connectivity index (χ1n) is 6.51. The highest BCUT2D eigenvalue weighted by molar-refractivity contribution is 9.10. The molecule has 3 aromatic heterocycles. The smallest absolute Gasteiger partial charge is 0.257 e. The standard InChI is InChI=1S/C15H9Br2N3OS/c16-9-4-5-12-10(7-9)19-15(21-12)22-8-11-14(17)20-6-2-1-3-13(20)18-11/h1-7H,8H2. The number of aromatic nitrogens is 3. The van der Waals surface area contributed by atoms with Crippen LogP contribution in [0.15, 0.2) is 61.3 Å². The number of hydrogen-bond acceptors (Lipinski definition) is 4. The van der Waals surface area contributed by atoms with Gasteiger partial charge in [0, 0.05) is 16.4 Å². The molecule has 0 saturated heterocycles. The van der Waals surface area contributed by atoms with Crippen LogP contribution in [0.4, 0.5) is 0 Å². The van der Waals surface area contributed by atoms with Gasteiger partial charge in [-0.2, -0.15) is 0 Å². The maximum absolute atomic E-state index is 5.74. The minimum Gasteiger partial charge on any atom is -0.431 e. The van der Waals surface area contributed by atoms with Crippen LogP contribution in [0.2, 0.25) is 0 Å². The molecule has 4 aromatic rings. The molecular weight excluding hydrogens is 430 g/mol. The first-order valence-corrected chi connectivity index (χ1v) is 9.08. The summed E-state index contributed by atoms with van der Waals surface area (Å²) in [5, 5.41) is 0.650. The number of thioether (sulfide) groups is 1. The molecule has 1 aromatic carbocycles. The van der Waals surface area contributed by atoms with E-state index in [2.05, 4.69) is 41.8 Å². The fourth-order valence-corrected chi connectivity index (χ4v) is 4.01. The molecule has 0 amide bonds. The van der Waals surface area contributed by atoms with Crippen LogP contribution in [0, 0.1) is 0 Å². The molecule has 0 atom stereocenters. The normalized spacial score (nSPS) is 11.5. The Hall–Kier alpha value is -1.31. The quantitative estimate of drug-likeness (QED) is 0.407. The molecule has 3 heterocycles. The van der Waals surface area contributed by atoms with Crippen molar-refractivity contribution in [1.82, 2.24) is 14.4 Å². The first kappa shape index (κ1) is 14.3. The van der Waals surface area contributed by atoms with Crippen molar-refractivity contribution in [3.05, 3.63) is 57.4 Å². The molecule has 0 unspecified atom stereocenters. The van der Waals surface area contributed by atoms with Crippen LogP contribution >= 0.6 is 43.6 Å². The summed E-state index contributed by atoms with van der Waals surface area (Å²) in [5.41, 5.74) is 3.54. The topological polar surface area (TPSA) is 43.3 Å². The van der Waals surface area contributed by atoms with E-state index in [0.29, 0.717) is 11.0 Å². The zero-order valence-electron chi connectivity index (χ0n) is 11.2. The zero-order valence-corrected chi connectivity index (χ0v) is 15.2. The van der Waals surface area contributed by atoms with Crippen LogP contribution < -0.4 is 0 Å². The Labute approximate surface area is 147 Å². The summed E-state index contributed by atoms with van der Waals surface area (Å²) in [7, 11) is 0. The highest BCUT2D eigenvalue weighted by Crippen LogP contribution is 2.30. The second-order valence-electron chi connectivity index (χ2n) is 4.66. The maximum atomic E-state index is 5.74. The summed E-state index contributed by atoms with van der Waals surface area (Å²) >= 11 is 8.57. The van der Waals surface area contributed by atoms with Gasteiger partial charge in [0.15, 0.2) is 5.58 Å². The van der Waals surface area contributed by atoms with Gasteiger partial charge in [-0.25, -0.2) is 9.97 Å². The highest BCUT2D eigenvalue weighted by Gasteiger charge is 2.12. The molecule has 0 radical (unpaired) electrons. The van der Waals surface area contributed by atoms with Crippen molar-refractivity contribution in [2.24, 2.45) is 0 Å². The fraction of sp³-hybridized carbons (Fsp3) is 0.0667. The van der Waals surface area contributed by atoms with Gasteiger partial charge < -0.3 is 4.42 Å². The lowest BCUT2D eigenvalue weighted by atomic mass is 10.3. The van der Waals surface area contributed by atoms with Gasteiger partial charge in [0.2, 0.25) is 0 Å². The number of hydrogen-bond donors (Lipinski definition) is 0. The molecule has 4 rings (SSSR count). The van der Waals surface area contributed by atoms with E-state index in [-0.39, 0.29) is 0 Å². The van der Waals surface area contributed by atoms with Crippen molar-refractivity contribution < 1.29 is 4.42 Å². The lowest BCUT2D eigenvalue weighted by Crippen LogP contribution is -1.83. The maximum Gasteiger partial charge on any atom is 0.257 e. The predicted molar refractivity (Wildman–Crippen MR) is 94.2 cm³/mol. The van der Waals surface area contributed by atoms with Crippen LogP contribution in [0.5, 0.6) is 0 Å². The van der Waals surface area contributed by atoms with E-state index in [9.17, 15) is 0 Å². The summed E-state index contributed by atoms with van der Waals surface area (Å²) in [6.45, 7) is 0. The van der Waals surface area contributed by atoms with Crippen molar-refractivity contribution in [2.75, 3.05) is 0 Å². The van der Waals surface area contributed by atoms with Crippen molar-refractivity contribution >= 4 is 60.4 Å². The molecule has 4 nitrogen and oxygen atoms in total. The summed E-state index contributed by atoms with van der Waals surface area (Å²) in [5.74, 6) is 0.691. The lowest BCUT2D eigenvalue weighted by Gasteiger charge is -1.95. The fourth-order valence-electron chi connectivity index (χ4n) is 2.18. The van der Waals surface area contributed by atoms with E-state index in [1.165, 1.54) is 11.8 Å². The molecular formula is C15H9Br2N3OS. The van der Waals surface area contributed by atoms with Crippen LogP contribution in [0.25, 0.3) is 16.7 Å². The van der Waals surface area contributed by atoms with Gasteiger partial charge >= 0.3 is 0 Å². The zero-order chi connectivity index (χ0) is 15.1. The third kappa shape index (κ3) is 2.57. The number of nitrogens with zero attached hydrogens (tertiary/aromatic N) is 3. The van der Waals surface area contributed by atoms with Gasteiger partial charge in [0.25, 0.3) is 5.22 Å². The van der Waals surface area contributed by atoms with E-state index < -0.39 is 0 Å². The Kier molecular flexibility index (Phi) is 3.71. The van der Waals surface area contributed by atoms with Gasteiger partial charge in [-0.05, 0) is 46.3 Å². The summed E-state index contributed by atoms with van der Waals surface area (Å²) in [6, 6.07) is 11.7. The Morgan fingerprint density at radius 3 is 2.91 bits per heavy atom.